The molecule has 0 radical (unpaired) electrons. The van der Waals surface area contributed by atoms with Crippen molar-refractivity contribution >= 4 is 5.91 Å². The van der Waals surface area contributed by atoms with Gasteiger partial charge in [-0.05, 0) is 25.8 Å². The Kier molecular flexibility index (Phi) is 4.45. The van der Waals surface area contributed by atoms with E-state index in [0.29, 0.717) is 12.8 Å². The molecule has 0 aliphatic heterocycles. The average Bonchev–Trinajstić information content (AvgIpc) is 2.29. The molecular formula is C12H18N2O3. The van der Waals surface area contributed by atoms with Gasteiger partial charge in [-0.3, -0.25) is 9.59 Å². The number of aliphatic hydroxyl groups excluding tert-OH is 1. The number of H-pyrrole nitrogens is 1. The zero-order valence-corrected chi connectivity index (χ0v) is 10.1. The third-order valence-corrected chi connectivity index (χ3v) is 2.87. The van der Waals surface area contributed by atoms with E-state index >= 15 is 0 Å². The Morgan fingerprint density at radius 1 is 1.53 bits per heavy atom. The molecule has 0 spiro atoms. The standard InChI is InChI=1S/C12H18N2O3/c1-3-12(2,7-8-15)14-11(17)9-5-4-6-10(16)13-9/h4-6,15H,3,7-8H2,1-2H3,(H,13,16)(H,14,17). The summed E-state index contributed by atoms with van der Waals surface area (Å²) in [5.41, 5.74) is -0.536. The monoisotopic (exact) mass is 238 g/mol. The molecule has 1 unspecified atom stereocenters. The van der Waals surface area contributed by atoms with Gasteiger partial charge < -0.3 is 15.4 Å². The van der Waals surface area contributed by atoms with Crippen LogP contribution < -0.4 is 10.9 Å². The molecule has 1 heterocycles. The van der Waals surface area contributed by atoms with E-state index in [9.17, 15) is 9.59 Å². The molecule has 17 heavy (non-hydrogen) atoms. The third-order valence-electron chi connectivity index (χ3n) is 2.87. The van der Waals surface area contributed by atoms with E-state index in [-0.39, 0.29) is 23.8 Å². The number of hydrogen-bond acceptors (Lipinski definition) is 3. The van der Waals surface area contributed by atoms with Crippen LogP contribution in [0.4, 0.5) is 0 Å². The fourth-order valence-electron chi connectivity index (χ4n) is 1.50. The minimum Gasteiger partial charge on any atom is -0.396 e. The van der Waals surface area contributed by atoms with Crippen molar-refractivity contribution in [3.63, 3.8) is 0 Å². The van der Waals surface area contributed by atoms with Gasteiger partial charge in [-0.25, -0.2) is 0 Å². The predicted octanol–water partition coefficient (Wildman–Crippen LogP) is 0.656. The van der Waals surface area contributed by atoms with E-state index < -0.39 is 5.54 Å². The first kappa shape index (κ1) is 13.4. The van der Waals surface area contributed by atoms with Gasteiger partial charge in [0.2, 0.25) is 5.56 Å². The highest BCUT2D eigenvalue weighted by molar-refractivity contribution is 5.92. The maximum Gasteiger partial charge on any atom is 0.268 e. The zero-order valence-electron chi connectivity index (χ0n) is 10.1. The van der Waals surface area contributed by atoms with E-state index in [1.54, 1.807) is 6.07 Å². The van der Waals surface area contributed by atoms with Crippen LogP contribution in [-0.2, 0) is 0 Å². The van der Waals surface area contributed by atoms with Gasteiger partial charge in [-0.2, -0.15) is 0 Å². The lowest BCUT2D eigenvalue weighted by Crippen LogP contribution is -2.46. The topological polar surface area (TPSA) is 82.2 Å². The van der Waals surface area contributed by atoms with Crippen LogP contribution in [0.5, 0.6) is 0 Å². The van der Waals surface area contributed by atoms with Crippen molar-refractivity contribution in [1.29, 1.82) is 0 Å². The normalized spacial score (nSPS) is 14.1. The second-order valence-corrected chi connectivity index (χ2v) is 4.27. The molecule has 1 aromatic rings. The molecule has 1 aromatic heterocycles. The van der Waals surface area contributed by atoms with Crippen molar-refractivity contribution in [2.24, 2.45) is 0 Å². The number of carbonyl (C=O) groups excluding carboxylic acids is 1. The van der Waals surface area contributed by atoms with Crippen LogP contribution in [0.3, 0.4) is 0 Å². The number of amides is 1. The Bertz CT molecular complexity index is 441. The molecule has 0 bridgehead atoms. The molecule has 0 saturated carbocycles. The van der Waals surface area contributed by atoms with Crippen molar-refractivity contribution < 1.29 is 9.90 Å². The summed E-state index contributed by atoms with van der Waals surface area (Å²) in [4.78, 5) is 25.4. The van der Waals surface area contributed by atoms with Crippen LogP contribution in [0.15, 0.2) is 23.0 Å². The molecule has 94 valence electrons. The van der Waals surface area contributed by atoms with Crippen molar-refractivity contribution in [2.45, 2.75) is 32.2 Å². The second kappa shape index (κ2) is 5.63. The molecule has 3 N–H and O–H groups in total. The van der Waals surface area contributed by atoms with E-state index in [2.05, 4.69) is 10.3 Å². The third kappa shape index (κ3) is 3.71. The molecular weight excluding hydrogens is 220 g/mol. The summed E-state index contributed by atoms with van der Waals surface area (Å²) >= 11 is 0. The molecule has 5 nitrogen and oxygen atoms in total. The first-order chi connectivity index (χ1) is 8.00. The van der Waals surface area contributed by atoms with Crippen molar-refractivity contribution in [1.82, 2.24) is 10.3 Å². The van der Waals surface area contributed by atoms with Gasteiger partial charge in [0.15, 0.2) is 0 Å². The van der Waals surface area contributed by atoms with Crippen LogP contribution in [-0.4, -0.2) is 28.1 Å². The molecule has 0 aliphatic carbocycles. The number of aliphatic hydroxyl groups is 1. The Hall–Kier alpha value is -1.62. The maximum atomic E-state index is 11.9. The van der Waals surface area contributed by atoms with Gasteiger partial charge in [0, 0.05) is 18.2 Å². The predicted molar refractivity (Wildman–Crippen MR) is 64.9 cm³/mol. The summed E-state index contributed by atoms with van der Waals surface area (Å²) in [5.74, 6) is -0.333. The van der Waals surface area contributed by atoms with Gasteiger partial charge >= 0.3 is 0 Å². The van der Waals surface area contributed by atoms with Gasteiger partial charge in [-0.1, -0.05) is 13.0 Å². The fraction of sp³-hybridized carbons (Fsp3) is 0.500. The molecule has 1 atom stereocenters. The Labute approximate surface area is 99.9 Å². The van der Waals surface area contributed by atoms with Crippen LogP contribution in [0.1, 0.15) is 37.2 Å². The van der Waals surface area contributed by atoms with E-state index in [4.69, 9.17) is 5.11 Å². The number of nitrogens with one attached hydrogen (secondary N) is 2. The highest BCUT2D eigenvalue weighted by Gasteiger charge is 2.24. The van der Waals surface area contributed by atoms with Crippen LogP contribution in [0.25, 0.3) is 0 Å². The lowest BCUT2D eigenvalue weighted by Gasteiger charge is -2.28. The average molecular weight is 238 g/mol. The summed E-state index contributed by atoms with van der Waals surface area (Å²) in [6.45, 7) is 3.81. The fourth-order valence-corrected chi connectivity index (χ4v) is 1.50. The Balaban J connectivity index is 2.81. The lowest BCUT2D eigenvalue weighted by atomic mass is 9.94. The summed E-state index contributed by atoms with van der Waals surface area (Å²) in [5, 5.41) is 11.8. The number of aromatic amines is 1. The van der Waals surface area contributed by atoms with E-state index in [1.807, 2.05) is 13.8 Å². The van der Waals surface area contributed by atoms with Crippen LogP contribution in [0, 0.1) is 0 Å². The smallest absolute Gasteiger partial charge is 0.268 e. The Morgan fingerprint density at radius 3 is 2.76 bits per heavy atom. The molecule has 1 amide bonds. The van der Waals surface area contributed by atoms with E-state index in [0.717, 1.165) is 0 Å². The molecule has 5 heteroatoms. The minimum atomic E-state index is -0.460. The maximum absolute atomic E-state index is 11.9. The van der Waals surface area contributed by atoms with Crippen LogP contribution in [0.2, 0.25) is 0 Å². The SMILES string of the molecule is CCC(C)(CCO)NC(=O)c1cccc(=O)[nH]1. The highest BCUT2D eigenvalue weighted by Crippen LogP contribution is 2.14. The summed E-state index contributed by atoms with van der Waals surface area (Å²) < 4.78 is 0. The van der Waals surface area contributed by atoms with Crippen molar-refractivity contribution in [3.8, 4) is 0 Å². The highest BCUT2D eigenvalue weighted by atomic mass is 16.3. The Morgan fingerprint density at radius 2 is 2.24 bits per heavy atom. The number of hydrogen-bond donors (Lipinski definition) is 3. The lowest BCUT2D eigenvalue weighted by molar-refractivity contribution is 0.0880. The second-order valence-electron chi connectivity index (χ2n) is 4.27. The first-order valence-electron chi connectivity index (χ1n) is 5.63. The number of carbonyl (C=O) groups is 1. The van der Waals surface area contributed by atoms with Gasteiger partial charge in [0.1, 0.15) is 5.69 Å². The molecule has 0 aromatic carbocycles. The number of pyridine rings is 1. The quantitative estimate of drug-likeness (QED) is 0.704. The van der Waals surface area contributed by atoms with E-state index in [1.165, 1.54) is 12.1 Å². The van der Waals surface area contributed by atoms with Gasteiger partial charge in [0.05, 0.1) is 0 Å². The first-order valence-corrected chi connectivity index (χ1v) is 5.63. The number of rotatable bonds is 5. The summed E-state index contributed by atoms with van der Waals surface area (Å²) in [7, 11) is 0. The molecule has 1 rings (SSSR count). The summed E-state index contributed by atoms with van der Waals surface area (Å²) in [6, 6.07) is 4.43. The summed E-state index contributed by atoms with van der Waals surface area (Å²) in [6.07, 6.45) is 1.18. The zero-order chi connectivity index (χ0) is 12.9. The van der Waals surface area contributed by atoms with Gasteiger partial charge in [-0.15, -0.1) is 0 Å². The van der Waals surface area contributed by atoms with Crippen LogP contribution >= 0.6 is 0 Å². The number of aromatic nitrogens is 1. The minimum absolute atomic E-state index is 0.00985. The molecule has 0 fully saturated rings. The molecule has 0 aliphatic rings. The molecule has 0 saturated heterocycles. The van der Waals surface area contributed by atoms with Crippen molar-refractivity contribution in [2.75, 3.05) is 6.61 Å². The van der Waals surface area contributed by atoms with Crippen molar-refractivity contribution in [3.05, 3.63) is 34.2 Å². The van der Waals surface area contributed by atoms with Gasteiger partial charge in [0.25, 0.3) is 5.91 Å². The largest absolute Gasteiger partial charge is 0.396 e.